The molecule has 1 N–H and O–H groups in total. The van der Waals surface area contributed by atoms with Gasteiger partial charge in [-0.3, -0.25) is 4.79 Å². The minimum Gasteiger partial charge on any atom is -0.496 e. The lowest BCUT2D eigenvalue weighted by Crippen LogP contribution is -2.27. The fourth-order valence-corrected chi connectivity index (χ4v) is 3.39. The van der Waals surface area contributed by atoms with Gasteiger partial charge in [-0.15, -0.1) is 11.3 Å². The van der Waals surface area contributed by atoms with Crippen LogP contribution in [0.1, 0.15) is 27.6 Å². The van der Waals surface area contributed by atoms with E-state index >= 15 is 0 Å². The van der Waals surface area contributed by atoms with E-state index in [1.165, 1.54) is 4.88 Å². The smallest absolute Gasteiger partial charge is 0.259 e. The van der Waals surface area contributed by atoms with Crippen molar-refractivity contribution in [1.82, 2.24) is 5.32 Å². The van der Waals surface area contributed by atoms with E-state index in [1.54, 1.807) is 43.8 Å². The lowest BCUT2D eigenvalue weighted by atomic mass is 10.1. The van der Waals surface area contributed by atoms with Crippen molar-refractivity contribution in [2.24, 2.45) is 0 Å². The third-order valence-electron chi connectivity index (χ3n) is 3.67. The number of methoxy groups -OCH3 is 2. The van der Waals surface area contributed by atoms with Crippen LogP contribution in [0.4, 0.5) is 0 Å². The number of rotatable bonds is 5. The van der Waals surface area contributed by atoms with Gasteiger partial charge in [-0.1, -0.05) is 12.1 Å². The first-order valence-corrected chi connectivity index (χ1v) is 7.67. The molecule has 1 heterocycles. The summed E-state index contributed by atoms with van der Waals surface area (Å²) in [6.07, 6.45) is 0.990. The maximum Gasteiger partial charge on any atom is 0.259 e. The molecule has 1 aromatic carbocycles. The lowest BCUT2D eigenvalue weighted by molar-refractivity contribution is 0.0944. The zero-order valence-corrected chi connectivity index (χ0v) is 12.8. The zero-order valence-electron chi connectivity index (χ0n) is 12.0. The van der Waals surface area contributed by atoms with Crippen molar-refractivity contribution in [3.8, 4) is 11.5 Å². The SMILES string of the molecule is COc1cccc(OC)c1C(=O)NC1CC1c1cccs1. The molecule has 5 heteroatoms. The van der Waals surface area contributed by atoms with E-state index in [0.717, 1.165) is 6.42 Å². The molecule has 1 amide bonds. The van der Waals surface area contributed by atoms with E-state index in [1.807, 2.05) is 6.07 Å². The predicted octanol–water partition coefficient (Wildman–Crippen LogP) is 3.05. The molecule has 1 aliphatic rings. The number of nitrogens with one attached hydrogen (secondary N) is 1. The fourth-order valence-electron chi connectivity index (χ4n) is 2.49. The first-order valence-electron chi connectivity index (χ1n) is 6.80. The number of hydrogen-bond acceptors (Lipinski definition) is 4. The van der Waals surface area contributed by atoms with Crippen LogP contribution in [0.15, 0.2) is 35.7 Å². The minimum atomic E-state index is -0.145. The van der Waals surface area contributed by atoms with Gasteiger partial charge in [0, 0.05) is 16.8 Å². The van der Waals surface area contributed by atoms with E-state index in [2.05, 4.69) is 16.8 Å². The predicted molar refractivity (Wildman–Crippen MR) is 82.5 cm³/mol. The molecule has 0 radical (unpaired) electrons. The molecule has 2 atom stereocenters. The molecule has 1 saturated carbocycles. The van der Waals surface area contributed by atoms with Crippen molar-refractivity contribution < 1.29 is 14.3 Å². The summed E-state index contributed by atoms with van der Waals surface area (Å²) in [5, 5.41) is 5.13. The summed E-state index contributed by atoms with van der Waals surface area (Å²) in [4.78, 5) is 13.8. The van der Waals surface area contributed by atoms with Gasteiger partial charge in [0.25, 0.3) is 5.91 Å². The molecule has 3 rings (SSSR count). The Bertz CT molecular complexity index is 617. The lowest BCUT2D eigenvalue weighted by Gasteiger charge is -2.12. The van der Waals surface area contributed by atoms with Crippen LogP contribution >= 0.6 is 11.3 Å². The Kier molecular flexibility index (Phi) is 3.84. The first kappa shape index (κ1) is 13.9. The van der Waals surface area contributed by atoms with Crippen LogP contribution in [0, 0.1) is 0 Å². The van der Waals surface area contributed by atoms with E-state index in [9.17, 15) is 4.79 Å². The van der Waals surface area contributed by atoms with Crippen LogP contribution in [0.25, 0.3) is 0 Å². The maximum atomic E-state index is 12.5. The highest BCUT2D eigenvalue weighted by Gasteiger charge is 2.40. The molecule has 2 aromatic rings. The third-order valence-corrected chi connectivity index (χ3v) is 4.67. The molecule has 110 valence electrons. The van der Waals surface area contributed by atoms with Crippen molar-refractivity contribution in [2.45, 2.75) is 18.4 Å². The molecular formula is C16H17NO3S. The van der Waals surface area contributed by atoms with Gasteiger partial charge >= 0.3 is 0 Å². The average molecular weight is 303 g/mol. The van der Waals surface area contributed by atoms with Crippen molar-refractivity contribution >= 4 is 17.2 Å². The summed E-state index contributed by atoms with van der Waals surface area (Å²) in [7, 11) is 3.11. The molecule has 21 heavy (non-hydrogen) atoms. The Hall–Kier alpha value is -2.01. The highest BCUT2D eigenvalue weighted by atomic mass is 32.1. The van der Waals surface area contributed by atoms with Crippen LogP contribution in [0.2, 0.25) is 0 Å². The number of carbonyl (C=O) groups is 1. The first-order chi connectivity index (χ1) is 10.2. The van der Waals surface area contributed by atoms with Gasteiger partial charge in [0.05, 0.1) is 14.2 Å². The molecule has 0 bridgehead atoms. The highest BCUT2D eigenvalue weighted by molar-refractivity contribution is 7.10. The van der Waals surface area contributed by atoms with E-state index in [4.69, 9.17) is 9.47 Å². The number of amides is 1. The van der Waals surface area contributed by atoms with Crippen molar-refractivity contribution in [1.29, 1.82) is 0 Å². The monoisotopic (exact) mass is 303 g/mol. The van der Waals surface area contributed by atoms with Gasteiger partial charge in [-0.25, -0.2) is 0 Å². The Balaban J connectivity index is 1.75. The Labute approximate surface area is 127 Å². The number of ether oxygens (including phenoxy) is 2. The highest BCUT2D eigenvalue weighted by Crippen LogP contribution is 2.43. The summed E-state index contributed by atoms with van der Waals surface area (Å²) in [6, 6.07) is 9.69. The standard InChI is InChI=1S/C16H17NO3S/c1-19-12-5-3-6-13(20-2)15(12)16(18)17-11-9-10(11)14-7-4-8-21-14/h3-8,10-11H,9H2,1-2H3,(H,17,18). The van der Waals surface area contributed by atoms with Crippen LogP contribution in [-0.4, -0.2) is 26.2 Å². The maximum absolute atomic E-state index is 12.5. The molecule has 0 aliphatic heterocycles. The van der Waals surface area contributed by atoms with Gasteiger partial charge in [0.1, 0.15) is 17.1 Å². The second-order valence-electron chi connectivity index (χ2n) is 4.98. The molecule has 1 aliphatic carbocycles. The molecule has 0 saturated heterocycles. The Morgan fingerprint density at radius 1 is 1.19 bits per heavy atom. The normalized spacial score (nSPS) is 19.9. The molecule has 2 unspecified atom stereocenters. The number of hydrogen-bond donors (Lipinski definition) is 1. The zero-order chi connectivity index (χ0) is 14.8. The average Bonchev–Trinajstić information content (AvgIpc) is 3.05. The van der Waals surface area contributed by atoms with Gasteiger partial charge in [0.2, 0.25) is 0 Å². The van der Waals surface area contributed by atoms with Crippen molar-refractivity contribution in [3.63, 3.8) is 0 Å². The van der Waals surface area contributed by atoms with Crippen LogP contribution in [0.5, 0.6) is 11.5 Å². The van der Waals surface area contributed by atoms with Crippen molar-refractivity contribution in [2.75, 3.05) is 14.2 Å². The summed E-state index contributed by atoms with van der Waals surface area (Å²) in [5.41, 5.74) is 0.458. The molecular weight excluding hydrogens is 286 g/mol. The van der Waals surface area contributed by atoms with E-state index < -0.39 is 0 Å². The topological polar surface area (TPSA) is 47.6 Å². The summed E-state index contributed by atoms with van der Waals surface area (Å²) < 4.78 is 10.5. The van der Waals surface area contributed by atoms with Crippen LogP contribution in [-0.2, 0) is 0 Å². The van der Waals surface area contributed by atoms with Gasteiger partial charge in [-0.05, 0) is 30.0 Å². The fraction of sp³-hybridized carbons (Fsp3) is 0.312. The largest absolute Gasteiger partial charge is 0.496 e. The molecule has 4 nitrogen and oxygen atoms in total. The van der Waals surface area contributed by atoms with E-state index in [0.29, 0.717) is 23.0 Å². The quantitative estimate of drug-likeness (QED) is 0.923. The molecule has 1 fully saturated rings. The van der Waals surface area contributed by atoms with Crippen LogP contribution < -0.4 is 14.8 Å². The van der Waals surface area contributed by atoms with E-state index in [-0.39, 0.29) is 11.9 Å². The summed E-state index contributed by atoms with van der Waals surface area (Å²) in [6.45, 7) is 0. The van der Waals surface area contributed by atoms with Gasteiger partial charge < -0.3 is 14.8 Å². The summed E-state index contributed by atoms with van der Waals surface area (Å²) >= 11 is 1.73. The van der Waals surface area contributed by atoms with Crippen LogP contribution in [0.3, 0.4) is 0 Å². The van der Waals surface area contributed by atoms with Gasteiger partial charge in [-0.2, -0.15) is 0 Å². The number of thiophene rings is 1. The second kappa shape index (κ2) is 5.77. The second-order valence-corrected chi connectivity index (χ2v) is 5.95. The molecule has 1 aromatic heterocycles. The Morgan fingerprint density at radius 3 is 2.48 bits per heavy atom. The number of carbonyl (C=O) groups excluding carboxylic acids is 1. The third kappa shape index (κ3) is 2.74. The van der Waals surface area contributed by atoms with Crippen molar-refractivity contribution in [3.05, 3.63) is 46.2 Å². The Morgan fingerprint density at radius 2 is 1.90 bits per heavy atom. The molecule has 0 spiro atoms. The number of benzene rings is 1. The summed E-state index contributed by atoms with van der Waals surface area (Å²) in [5.74, 6) is 1.35. The van der Waals surface area contributed by atoms with Gasteiger partial charge in [0.15, 0.2) is 0 Å². The minimum absolute atomic E-state index is 0.145.